The number of rotatable bonds is 4. The molecule has 1 unspecified atom stereocenters. The molecule has 0 saturated carbocycles. The molecule has 94 valence electrons. The molecule has 0 spiro atoms. The van der Waals surface area contributed by atoms with Crippen molar-refractivity contribution >= 4 is 5.69 Å². The minimum absolute atomic E-state index is 0.644. The third-order valence-electron chi connectivity index (χ3n) is 3.37. The normalized spacial score (nSPS) is 20.6. The van der Waals surface area contributed by atoms with Gasteiger partial charge in [0.2, 0.25) is 0 Å². The van der Waals surface area contributed by atoms with Gasteiger partial charge in [-0.2, -0.15) is 0 Å². The molecule has 2 heterocycles. The van der Waals surface area contributed by atoms with Gasteiger partial charge in [-0.3, -0.25) is 4.98 Å². The van der Waals surface area contributed by atoms with Crippen LogP contribution in [0.4, 0.5) is 5.69 Å². The number of nitrogens with one attached hydrogen (secondary N) is 1. The zero-order chi connectivity index (χ0) is 12.1. The lowest BCUT2D eigenvalue weighted by Crippen LogP contribution is -2.46. The number of anilines is 1. The second-order valence-corrected chi connectivity index (χ2v) is 4.90. The lowest BCUT2D eigenvalue weighted by molar-refractivity contribution is 0.423. The Balaban J connectivity index is 1.94. The van der Waals surface area contributed by atoms with Crippen LogP contribution in [-0.4, -0.2) is 30.7 Å². The Kier molecular flexibility index (Phi) is 4.37. The maximum atomic E-state index is 4.38. The molecule has 1 atom stereocenters. The SMILES string of the molecule is CCCNC1CCCN(c2ccc(C)nc2)C1. The average molecular weight is 233 g/mol. The summed E-state index contributed by atoms with van der Waals surface area (Å²) in [4.78, 5) is 6.83. The van der Waals surface area contributed by atoms with Crippen LogP contribution < -0.4 is 10.2 Å². The van der Waals surface area contributed by atoms with Crippen LogP contribution in [-0.2, 0) is 0 Å². The largest absolute Gasteiger partial charge is 0.369 e. The van der Waals surface area contributed by atoms with Crippen LogP contribution in [0.2, 0.25) is 0 Å². The van der Waals surface area contributed by atoms with Gasteiger partial charge in [0.25, 0.3) is 0 Å². The highest BCUT2D eigenvalue weighted by Crippen LogP contribution is 2.19. The van der Waals surface area contributed by atoms with E-state index in [1.807, 2.05) is 13.1 Å². The van der Waals surface area contributed by atoms with E-state index < -0.39 is 0 Å². The lowest BCUT2D eigenvalue weighted by atomic mass is 10.1. The van der Waals surface area contributed by atoms with E-state index in [1.54, 1.807) is 0 Å². The number of pyridine rings is 1. The van der Waals surface area contributed by atoms with Crippen molar-refractivity contribution in [1.82, 2.24) is 10.3 Å². The van der Waals surface area contributed by atoms with E-state index in [2.05, 4.69) is 34.3 Å². The van der Waals surface area contributed by atoms with E-state index in [1.165, 1.54) is 24.9 Å². The first-order valence-corrected chi connectivity index (χ1v) is 6.70. The van der Waals surface area contributed by atoms with Crippen molar-refractivity contribution in [2.24, 2.45) is 0 Å². The molecule has 1 aliphatic heterocycles. The highest BCUT2D eigenvalue weighted by molar-refractivity contribution is 5.45. The van der Waals surface area contributed by atoms with Crippen molar-refractivity contribution in [3.8, 4) is 0 Å². The molecule has 1 fully saturated rings. The Bertz CT molecular complexity index is 334. The minimum atomic E-state index is 0.644. The Labute approximate surface area is 104 Å². The summed E-state index contributed by atoms with van der Waals surface area (Å²) >= 11 is 0. The number of aryl methyl sites for hydroxylation is 1. The van der Waals surface area contributed by atoms with Crippen molar-refractivity contribution in [3.05, 3.63) is 24.0 Å². The number of aromatic nitrogens is 1. The number of piperidine rings is 1. The van der Waals surface area contributed by atoms with E-state index in [4.69, 9.17) is 0 Å². The summed E-state index contributed by atoms with van der Waals surface area (Å²) in [7, 11) is 0. The van der Waals surface area contributed by atoms with Crippen molar-refractivity contribution in [2.75, 3.05) is 24.5 Å². The number of hydrogen-bond donors (Lipinski definition) is 1. The van der Waals surface area contributed by atoms with E-state index in [-0.39, 0.29) is 0 Å². The maximum Gasteiger partial charge on any atom is 0.0553 e. The van der Waals surface area contributed by atoms with Gasteiger partial charge in [0.05, 0.1) is 11.9 Å². The van der Waals surface area contributed by atoms with Crippen LogP contribution in [0.5, 0.6) is 0 Å². The predicted molar refractivity (Wildman–Crippen MR) is 72.5 cm³/mol. The maximum absolute atomic E-state index is 4.38. The van der Waals surface area contributed by atoms with Crippen LogP contribution in [0.25, 0.3) is 0 Å². The van der Waals surface area contributed by atoms with Gasteiger partial charge in [-0.1, -0.05) is 6.92 Å². The summed E-state index contributed by atoms with van der Waals surface area (Å²) in [5, 5.41) is 3.62. The van der Waals surface area contributed by atoms with Crippen molar-refractivity contribution in [3.63, 3.8) is 0 Å². The second kappa shape index (κ2) is 6.01. The first-order valence-electron chi connectivity index (χ1n) is 6.70. The fourth-order valence-electron chi connectivity index (χ4n) is 2.37. The summed E-state index contributed by atoms with van der Waals surface area (Å²) in [6.07, 6.45) is 5.78. The zero-order valence-electron chi connectivity index (χ0n) is 10.9. The van der Waals surface area contributed by atoms with E-state index in [0.717, 1.165) is 25.3 Å². The van der Waals surface area contributed by atoms with Crippen molar-refractivity contribution in [2.45, 2.75) is 39.2 Å². The molecule has 3 nitrogen and oxygen atoms in total. The highest BCUT2D eigenvalue weighted by Gasteiger charge is 2.19. The fraction of sp³-hybridized carbons (Fsp3) is 0.643. The van der Waals surface area contributed by atoms with Gasteiger partial charge < -0.3 is 10.2 Å². The molecule has 0 aromatic carbocycles. The Hall–Kier alpha value is -1.09. The van der Waals surface area contributed by atoms with E-state index in [0.29, 0.717) is 6.04 Å². The van der Waals surface area contributed by atoms with Crippen LogP contribution in [0.1, 0.15) is 31.9 Å². The minimum Gasteiger partial charge on any atom is -0.369 e. The Morgan fingerprint density at radius 3 is 3.06 bits per heavy atom. The van der Waals surface area contributed by atoms with Crippen molar-refractivity contribution in [1.29, 1.82) is 0 Å². The van der Waals surface area contributed by atoms with Gasteiger partial charge in [0.1, 0.15) is 0 Å². The molecule has 17 heavy (non-hydrogen) atoms. The standard InChI is InChI=1S/C14H23N3/c1-3-8-15-13-5-4-9-17(11-13)14-7-6-12(2)16-10-14/h6-7,10,13,15H,3-5,8-9,11H2,1-2H3. The molecule has 1 aromatic heterocycles. The van der Waals surface area contributed by atoms with Crippen LogP contribution in [0, 0.1) is 6.92 Å². The molecule has 3 heteroatoms. The van der Waals surface area contributed by atoms with Crippen LogP contribution in [0.3, 0.4) is 0 Å². The van der Waals surface area contributed by atoms with Crippen LogP contribution in [0.15, 0.2) is 18.3 Å². The molecule has 1 aromatic rings. The first kappa shape index (κ1) is 12.4. The topological polar surface area (TPSA) is 28.2 Å². The smallest absolute Gasteiger partial charge is 0.0553 e. The van der Waals surface area contributed by atoms with Gasteiger partial charge in [-0.05, 0) is 44.9 Å². The first-order chi connectivity index (χ1) is 8.29. The van der Waals surface area contributed by atoms with Gasteiger partial charge in [0.15, 0.2) is 0 Å². The summed E-state index contributed by atoms with van der Waals surface area (Å²) in [6.45, 7) is 7.66. The third kappa shape index (κ3) is 3.43. The molecule has 0 radical (unpaired) electrons. The molecule has 1 aliphatic rings. The summed E-state index contributed by atoms with van der Waals surface area (Å²) in [5.41, 5.74) is 2.35. The van der Waals surface area contributed by atoms with Crippen LogP contribution >= 0.6 is 0 Å². The summed E-state index contributed by atoms with van der Waals surface area (Å²) in [5.74, 6) is 0. The molecule has 0 amide bonds. The highest BCUT2D eigenvalue weighted by atomic mass is 15.2. The quantitative estimate of drug-likeness (QED) is 0.865. The second-order valence-electron chi connectivity index (χ2n) is 4.90. The molecule has 2 rings (SSSR count). The van der Waals surface area contributed by atoms with Gasteiger partial charge in [0, 0.05) is 24.8 Å². The van der Waals surface area contributed by atoms with Gasteiger partial charge in [-0.25, -0.2) is 0 Å². The molecule has 0 bridgehead atoms. The number of hydrogen-bond acceptors (Lipinski definition) is 3. The molecule has 1 saturated heterocycles. The lowest BCUT2D eigenvalue weighted by Gasteiger charge is -2.34. The predicted octanol–water partition coefficient (Wildman–Crippen LogP) is 2.36. The molecular formula is C14H23N3. The van der Waals surface area contributed by atoms with Gasteiger partial charge >= 0.3 is 0 Å². The Morgan fingerprint density at radius 2 is 2.35 bits per heavy atom. The molecule has 0 aliphatic carbocycles. The van der Waals surface area contributed by atoms with Gasteiger partial charge in [-0.15, -0.1) is 0 Å². The average Bonchev–Trinajstić information content (AvgIpc) is 2.37. The summed E-state index contributed by atoms with van der Waals surface area (Å²) < 4.78 is 0. The molecule has 1 N–H and O–H groups in total. The van der Waals surface area contributed by atoms with E-state index >= 15 is 0 Å². The molecular weight excluding hydrogens is 210 g/mol. The van der Waals surface area contributed by atoms with E-state index in [9.17, 15) is 0 Å². The third-order valence-corrected chi connectivity index (χ3v) is 3.37. The van der Waals surface area contributed by atoms with Crippen molar-refractivity contribution < 1.29 is 0 Å². The summed E-state index contributed by atoms with van der Waals surface area (Å²) in [6, 6.07) is 4.92. The number of nitrogens with zero attached hydrogens (tertiary/aromatic N) is 2. The monoisotopic (exact) mass is 233 g/mol. The fourth-order valence-corrected chi connectivity index (χ4v) is 2.37. The Morgan fingerprint density at radius 1 is 1.47 bits per heavy atom. The zero-order valence-corrected chi connectivity index (χ0v) is 10.9.